The molecule has 1 heterocycles. The summed E-state index contributed by atoms with van der Waals surface area (Å²) < 4.78 is 10.5. The lowest BCUT2D eigenvalue weighted by molar-refractivity contribution is -0.904. The van der Waals surface area contributed by atoms with E-state index < -0.39 is 0 Å². The van der Waals surface area contributed by atoms with Crippen molar-refractivity contribution in [3.63, 3.8) is 0 Å². The highest BCUT2D eigenvalue weighted by Crippen LogP contribution is 2.19. The first kappa shape index (κ1) is 21.6. The predicted molar refractivity (Wildman–Crippen MR) is 128 cm³/mol. The zero-order valence-electron chi connectivity index (χ0n) is 18.5. The van der Waals surface area contributed by atoms with Crippen LogP contribution in [0.15, 0.2) is 90.0 Å². The SMILES string of the molecule is COc1ccc(/C=C2\C[NH+](Cc3ccccc3)C/C(=C\c3ccc(OC)cc3)C2=O)cc1. The highest BCUT2D eigenvalue weighted by molar-refractivity contribution is 6.14. The molecule has 1 N–H and O–H groups in total. The molecule has 3 aromatic carbocycles. The fourth-order valence-electron chi connectivity index (χ4n) is 4.01. The number of ether oxygens (including phenoxy) is 2. The van der Waals surface area contributed by atoms with Crippen molar-refractivity contribution in [2.45, 2.75) is 6.54 Å². The second-order valence-corrected chi connectivity index (χ2v) is 7.98. The number of ketones is 1. The molecule has 3 aromatic rings. The third-order valence-corrected chi connectivity index (χ3v) is 5.67. The van der Waals surface area contributed by atoms with E-state index in [-0.39, 0.29) is 5.78 Å². The summed E-state index contributed by atoms with van der Waals surface area (Å²) >= 11 is 0. The van der Waals surface area contributed by atoms with Gasteiger partial charge in [-0.05, 0) is 47.5 Å². The molecule has 1 saturated heterocycles. The van der Waals surface area contributed by atoms with Crippen molar-refractivity contribution in [1.82, 2.24) is 0 Å². The van der Waals surface area contributed by atoms with Gasteiger partial charge in [0.1, 0.15) is 31.1 Å². The number of methoxy groups -OCH3 is 2. The number of quaternary nitrogens is 1. The van der Waals surface area contributed by atoms with E-state index in [2.05, 4.69) is 24.3 Å². The van der Waals surface area contributed by atoms with E-state index in [9.17, 15) is 4.79 Å². The summed E-state index contributed by atoms with van der Waals surface area (Å²) in [5.41, 5.74) is 4.92. The maximum Gasteiger partial charge on any atom is 0.196 e. The molecule has 0 aliphatic carbocycles. The summed E-state index contributed by atoms with van der Waals surface area (Å²) in [4.78, 5) is 14.7. The van der Waals surface area contributed by atoms with Gasteiger partial charge in [-0.3, -0.25) is 4.79 Å². The molecule has 32 heavy (non-hydrogen) atoms. The molecule has 0 amide bonds. The first-order valence-electron chi connectivity index (χ1n) is 10.8. The average Bonchev–Trinajstić information content (AvgIpc) is 2.83. The van der Waals surface area contributed by atoms with Crippen LogP contribution in [0.1, 0.15) is 16.7 Å². The summed E-state index contributed by atoms with van der Waals surface area (Å²) in [6.07, 6.45) is 4.02. The molecular weight excluding hydrogens is 398 g/mol. The van der Waals surface area contributed by atoms with E-state index in [1.807, 2.05) is 66.7 Å². The van der Waals surface area contributed by atoms with Crippen molar-refractivity contribution in [2.24, 2.45) is 0 Å². The molecule has 1 aliphatic heterocycles. The van der Waals surface area contributed by atoms with Gasteiger partial charge in [0.05, 0.1) is 25.4 Å². The number of piperidine rings is 1. The minimum atomic E-state index is 0.119. The van der Waals surface area contributed by atoms with E-state index in [1.165, 1.54) is 10.5 Å². The van der Waals surface area contributed by atoms with Crippen LogP contribution >= 0.6 is 0 Å². The van der Waals surface area contributed by atoms with Crippen molar-refractivity contribution in [1.29, 1.82) is 0 Å². The van der Waals surface area contributed by atoms with Crippen molar-refractivity contribution in [3.05, 3.63) is 107 Å². The minimum Gasteiger partial charge on any atom is -0.497 e. The average molecular weight is 427 g/mol. The van der Waals surface area contributed by atoms with E-state index in [4.69, 9.17) is 9.47 Å². The fraction of sp³-hybridized carbons (Fsp3) is 0.179. The first-order valence-corrected chi connectivity index (χ1v) is 10.8. The monoisotopic (exact) mass is 426 g/mol. The van der Waals surface area contributed by atoms with Gasteiger partial charge in [0, 0.05) is 5.56 Å². The van der Waals surface area contributed by atoms with Gasteiger partial charge >= 0.3 is 0 Å². The Balaban J connectivity index is 1.65. The normalized spacial score (nSPS) is 18.7. The number of carbonyl (C=O) groups excluding carboxylic acids is 1. The number of benzene rings is 3. The molecule has 0 radical (unpaired) electrons. The molecule has 0 saturated carbocycles. The van der Waals surface area contributed by atoms with Crippen molar-refractivity contribution in [3.8, 4) is 11.5 Å². The highest BCUT2D eigenvalue weighted by Gasteiger charge is 2.29. The molecule has 0 unspecified atom stereocenters. The maximum atomic E-state index is 13.4. The highest BCUT2D eigenvalue weighted by atomic mass is 16.5. The lowest BCUT2D eigenvalue weighted by atomic mass is 9.94. The molecule has 0 spiro atoms. The van der Waals surface area contributed by atoms with E-state index >= 15 is 0 Å². The maximum absolute atomic E-state index is 13.4. The summed E-state index contributed by atoms with van der Waals surface area (Å²) in [5.74, 6) is 1.73. The third-order valence-electron chi connectivity index (χ3n) is 5.67. The Bertz CT molecular complexity index is 1040. The van der Waals surface area contributed by atoms with Crippen molar-refractivity contribution in [2.75, 3.05) is 27.3 Å². The van der Waals surface area contributed by atoms with Crippen molar-refractivity contribution >= 4 is 17.9 Å². The quantitative estimate of drug-likeness (QED) is 0.609. The predicted octanol–water partition coefficient (Wildman–Crippen LogP) is 3.84. The lowest BCUT2D eigenvalue weighted by Gasteiger charge is -2.27. The molecule has 1 aliphatic rings. The number of rotatable bonds is 6. The summed E-state index contributed by atoms with van der Waals surface area (Å²) in [5, 5.41) is 0. The van der Waals surface area contributed by atoms with Gasteiger partial charge in [0.2, 0.25) is 0 Å². The second-order valence-electron chi connectivity index (χ2n) is 7.98. The van der Waals surface area contributed by atoms with Crippen LogP contribution in [0.3, 0.4) is 0 Å². The molecular formula is C28H28NO3+. The zero-order valence-corrected chi connectivity index (χ0v) is 18.5. The van der Waals surface area contributed by atoms with Gasteiger partial charge in [-0.1, -0.05) is 54.6 Å². The Morgan fingerprint density at radius 1 is 0.719 bits per heavy atom. The van der Waals surface area contributed by atoms with Crippen LogP contribution in [0, 0.1) is 0 Å². The summed E-state index contributed by atoms with van der Waals surface area (Å²) in [6, 6.07) is 26.0. The summed E-state index contributed by atoms with van der Waals surface area (Å²) in [7, 11) is 3.30. The number of nitrogens with one attached hydrogen (secondary N) is 1. The van der Waals surface area contributed by atoms with Gasteiger partial charge in [-0.2, -0.15) is 0 Å². The minimum absolute atomic E-state index is 0.119. The van der Waals surface area contributed by atoms with Gasteiger partial charge in [-0.25, -0.2) is 0 Å². The van der Waals surface area contributed by atoms with Crippen LogP contribution in [0.4, 0.5) is 0 Å². The zero-order chi connectivity index (χ0) is 22.3. The Morgan fingerprint density at radius 2 is 1.19 bits per heavy atom. The van der Waals surface area contributed by atoms with Gasteiger partial charge in [0.25, 0.3) is 0 Å². The first-order chi connectivity index (χ1) is 15.6. The molecule has 0 bridgehead atoms. The number of carbonyl (C=O) groups is 1. The third kappa shape index (κ3) is 5.34. The largest absolute Gasteiger partial charge is 0.497 e. The Morgan fingerprint density at radius 3 is 1.62 bits per heavy atom. The molecule has 4 nitrogen and oxygen atoms in total. The van der Waals surface area contributed by atoms with Crippen LogP contribution in [0.2, 0.25) is 0 Å². The Hall–Kier alpha value is -3.63. The van der Waals surface area contributed by atoms with E-state index in [0.29, 0.717) is 13.1 Å². The number of Topliss-reactive ketones (excluding diaryl/α,β-unsaturated/α-hetero) is 1. The standard InChI is InChI=1S/C28H27NO3/c1-31-26-12-8-21(9-13-26)16-24-19-29(18-23-6-4-3-5-7-23)20-25(28(24)30)17-22-10-14-27(32-2)15-11-22/h3-17H,18-20H2,1-2H3/p+1/b24-16+,25-17+. The number of hydrogen-bond acceptors (Lipinski definition) is 3. The molecule has 0 atom stereocenters. The molecule has 0 aromatic heterocycles. The van der Waals surface area contributed by atoms with Crippen LogP contribution in [-0.4, -0.2) is 33.1 Å². The van der Waals surface area contributed by atoms with E-state index in [1.54, 1.807) is 14.2 Å². The van der Waals surface area contributed by atoms with Gasteiger partial charge < -0.3 is 14.4 Å². The van der Waals surface area contributed by atoms with Gasteiger partial charge in [0.15, 0.2) is 5.78 Å². The number of likely N-dealkylation sites (tertiary alicyclic amines) is 1. The van der Waals surface area contributed by atoms with Crippen molar-refractivity contribution < 1.29 is 19.2 Å². The fourth-order valence-corrected chi connectivity index (χ4v) is 4.01. The Kier molecular flexibility index (Phi) is 6.83. The summed E-state index contributed by atoms with van der Waals surface area (Å²) in [6.45, 7) is 2.26. The topological polar surface area (TPSA) is 40.0 Å². The van der Waals surface area contributed by atoms with Gasteiger partial charge in [-0.15, -0.1) is 0 Å². The van der Waals surface area contributed by atoms with Crippen LogP contribution in [0.25, 0.3) is 12.2 Å². The molecule has 162 valence electrons. The molecule has 4 heteroatoms. The Labute approximate surface area is 189 Å². The van der Waals surface area contributed by atoms with Crippen LogP contribution in [0.5, 0.6) is 11.5 Å². The molecule has 4 rings (SSSR count). The smallest absolute Gasteiger partial charge is 0.196 e. The van der Waals surface area contributed by atoms with Crippen LogP contribution < -0.4 is 14.4 Å². The van der Waals surface area contributed by atoms with Crippen LogP contribution in [-0.2, 0) is 11.3 Å². The lowest BCUT2D eigenvalue weighted by Crippen LogP contribution is -3.12. The van der Waals surface area contributed by atoms with E-state index in [0.717, 1.165) is 40.3 Å². The second kappa shape index (κ2) is 10.1. The number of hydrogen-bond donors (Lipinski definition) is 1. The molecule has 1 fully saturated rings.